The molecule has 7 heterocycles. The van der Waals surface area contributed by atoms with Gasteiger partial charge in [0, 0.05) is 94.3 Å². The molecule has 6 N–H and O–H groups in total. The van der Waals surface area contributed by atoms with E-state index in [2.05, 4.69) is 85.6 Å². The zero-order valence-electron chi connectivity index (χ0n) is 57.1. The van der Waals surface area contributed by atoms with Gasteiger partial charge >= 0.3 is 17.9 Å². The third-order valence-electron chi connectivity index (χ3n) is 18.3. The number of carboxylic acids is 3. The molecular formula is C81H69F4N9O9. The second kappa shape index (κ2) is 27.3. The van der Waals surface area contributed by atoms with E-state index in [-0.39, 0.29) is 69.7 Å². The Balaban J connectivity index is 0.000000131. The number of halogens is 4. The summed E-state index contributed by atoms with van der Waals surface area (Å²) in [6, 6.07) is 45.5. The Kier molecular flexibility index (Phi) is 18.0. The van der Waals surface area contributed by atoms with Crippen molar-refractivity contribution in [2.75, 3.05) is 13.2 Å². The molecule has 0 amide bonds. The monoisotopic (exact) mass is 1390 g/mol. The van der Waals surface area contributed by atoms with Crippen LogP contribution in [0.25, 0.3) is 116 Å². The Labute approximate surface area is 586 Å². The molecule has 15 aromatic rings. The minimum atomic E-state index is -1.33. The van der Waals surface area contributed by atoms with Crippen LogP contribution in [0, 0.1) is 23.3 Å². The first-order valence-corrected chi connectivity index (χ1v) is 33.5. The number of ether oxygens (including phenoxy) is 3. The lowest BCUT2D eigenvalue weighted by molar-refractivity contribution is -0.0794. The summed E-state index contributed by atoms with van der Waals surface area (Å²) in [5.41, 5.74) is 14.5. The fourth-order valence-corrected chi connectivity index (χ4v) is 13.9. The van der Waals surface area contributed by atoms with E-state index in [0.29, 0.717) is 30.3 Å². The molecule has 0 saturated carbocycles. The van der Waals surface area contributed by atoms with Crippen molar-refractivity contribution in [3.63, 3.8) is 0 Å². The molecule has 6 aromatic heterocycles. The van der Waals surface area contributed by atoms with Gasteiger partial charge in [-0.3, -0.25) is 15.3 Å². The summed E-state index contributed by atoms with van der Waals surface area (Å²) in [6.07, 6.45) is 5.00. The van der Waals surface area contributed by atoms with Gasteiger partial charge in [-0.15, -0.1) is 0 Å². The van der Waals surface area contributed by atoms with Crippen LogP contribution in [0.1, 0.15) is 121 Å². The van der Waals surface area contributed by atoms with Gasteiger partial charge in [0.25, 0.3) is 0 Å². The lowest BCUT2D eigenvalue weighted by Gasteiger charge is -2.28. The van der Waals surface area contributed by atoms with Gasteiger partial charge in [-0.2, -0.15) is 15.3 Å². The van der Waals surface area contributed by atoms with Crippen molar-refractivity contribution in [1.82, 2.24) is 44.3 Å². The lowest BCUT2D eigenvalue weighted by Crippen LogP contribution is -2.38. The molecular weight excluding hydrogens is 1320 g/mol. The summed E-state index contributed by atoms with van der Waals surface area (Å²) in [5, 5.41) is 55.8. The molecule has 22 heteroatoms. The van der Waals surface area contributed by atoms with E-state index in [9.17, 15) is 42.9 Å². The van der Waals surface area contributed by atoms with Crippen LogP contribution >= 0.6 is 0 Å². The van der Waals surface area contributed by atoms with Gasteiger partial charge in [-0.25, -0.2) is 31.9 Å². The minimum Gasteiger partial charge on any atom is -0.491 e. The molecule has 16 rings (SSSR count). The minimum absolute atomic E-state index is 0.0493. The maximum Gasteiger partial charge on any atom is 0.338 e. The average molecular weight is 1390 g/mol. The van der Waals surface area contributed by atoms with Crippen LogP contribution in [0.15, 0.2) is 182 Å². The molecule has 18 nitrogen and oxygen atoms in total. The fraction of sp³-hybridized carbons (Fsp3) is 0.185. The zero-order chi connectivity index (χ0) is 72.4. The predicted octanol–water partition coefficient (Wildman–Crippen LogP) is 19.1. The highest BCUT2D eigenvalue weighted by atomic mass is 19.1. The number of hydrogen-bond acceptors (Lipinski definition) is 9. The standard InChI is InChI=1S/C28H24FN3O4.C28H26FN3O3.C25H19F2N3O2/c1-15(2)27-26(21-8-3-16(28(33)34)10-25(21)36-20-13-35-14-20)22-11-23-17(12-30-31-23)9-24(22)32(27)19-6-4-18(29)5-7-19;1-15(2)27-26(17-9-18(28(33)34)11-22(10-17)35-16(3)4)23-13-24-19(14-30-31-24)12-25(23)32(27)21-7-5-20(29)6-8-21;1-13(2)24-22(17-4-3-5-18(23(17)27)25(31)32)19-11-20-14(12-28-29-20)10-21(19)30(24)16-8-6-15(26)7-9-16/h3-12,15,20H,13-14H2,1-2H3,(H,30,31)(H,33,34);5-16H,1-4H3,(H,30,31)(H,33,34);3-13H,1-2H3,(H,28,29)(H,31,32). The number of H-pyrrole nitrogens is 3. The molecule has 9 aromatic carbocycles. The molecule has 0 radical (unpaired) electrons. The summed E-state index contributed by atoms with van der Waals surface area (Å²) in [7, 11) is 0. The largest absolute Gasteiger partial charge is 0.491 e. The summed E-state index contributed by atoms with van der Waals surface area (Å²) < 4.78 is 80.4. The Morgan fingerprint density at radius 2 is 0.903 bits per heavy atom. The number of carbonyl (C=O) groups is 3. The van der Waals surface area contributed by atoms with E-state index in [4.69, 9.17) is 14.2 Å². The van der Waals surface area contributed by atoms with Gasteiger partial charge in [0.15, 0.2) is 0 Å². The van der Waals surface area contributed by atoms with Crippen LogP contribution in [0.2, 0.25) is 0 Å². The Morgan fingerprint density at radius 1 is 0.476 bits per heavy atom. The van der Waals surface area contributed by atoms with Gasteiger partial charge in [0.05, 0.1) is 87.7 Å². The van der Waals surface area contributed by atoms with Gasteiger partial charge in [-0.1, -0.05) is 53.7 Å². The van der Waals surface area contributed by atoms with Crippen molar-refractivity contribution in [3.8, 4) is 61.9 Å². The molecule has 1 fully saturated rings. The number of hydrogen-bond donors (Lipinski definition) is 6. The number of fused-ring (bicyclic) bond motifs is 6. The van der Waals surface area contributed by atoms with E-state index in [1.807, 2.05) is 62.6 Å². The van der Waals surface area contributed by atoms with Crippen molar-refractivity contribution >= 4 is 83.3 Å². The molecule has 520 valence electrons. The van der Waals surface area contributed by atoms with Crippen LogP contribution < -0.4 is 9.47 Å². The third-order valence-corrected chi connectivity index (χ3v) is 18.3. The van der Waals surface area contributed by atoms with E-state index in [0.717, 1.165) is 122 Å². The first kappa shape index (κ1) is 67.9. The van der Waals surface area contributed by atoms with Crippen molar-refractivity contribution in [2.45, 2.75) is 85.4 Å². The number of aromatic carboxylic acids is 3. The third kappa shape index (κ3) is 12.7. The number of aromatic nitrogens is 9. The molecule has 0 spiro atoms. The molecule has 0 aliphatic carbocycles. The number of nitrogens with one attached hydrogen (secondary N) is 3. The van der Waals surface area contributed by atoms with Crippen molar-refractivity contribution in [2.24, 2.45) is 0 Å². The maximum atomic E-state index is 15.4. The summed E-state index contributed by atoms with van der Waals surface area (Å²) in [4.78, 5) is 35.4. The zero-order valence-corrected chi connectivity index (χ0v) is 57.1. The van der Waals surface area contributed by atoms with E-state index in [1.165, 1.54) is 42.5 Å². The number of aromatic amines is 3. The van der Waals surface area contributed by atoms with Crippen LogP contribution in [-0.4, -0.2) is 103 Å². The molecule has 0 unspecified atom stereocenters. The van der Waals surface area contributed by atoms with Gasteiger partial charge < -0.3 is 43.2 Å². The second-order valence-corrected chi connectivity index (χ2v) is 26.6. The Hall–Kier alpha value is -12.3. The fourth-order valence-electron chi connectivity index (χ4n) is 13.9. The molecule has 1 aliphatic heterocycles. The number of benzene rings is 9. The molecule has 1 aliphatic rings. The number of nitrogens with zero attached hydrogens (tertiary/aromatic N) is 6. The smallest absolute Gasteiger partial charge is 0.338 e. The summed E-state index contributed by atoms with van der Waals surface area (Å²) >= 11 is 0. The normalized spacial score (nSPS) is 12.5. The highest BCUT2D eigenvalue weighted by molar-refractivity contribution is 6.10. The summed E-state index contributed by atoms with van der Waals surface area (Å²) in [6.45, 7) is 17.1. The lowest BCUT2D eigenvalue weighted by atomic mass is 9.94. The van der Waals surface area contributed by atoms with Crippen LogP contribution in [0.3, 0.4) is 0 Å². The molecule has 103 heavy (non-hydrogen) atoms. The first-order chi connectivity index (χ1) is 49.5. The number of rotatable bonds is 16. The topological polar surface area (TPSA) is 240 Å². The molecule has 1 saturated heterocycles. The van der Waals surface area contributed by atoms with Crippen LogP contribution in [0.4, 0.5) is 17.6 Å². The predicted molar refractivity (Wildman–Crippen MR) is 389 cm³/mol. The van der Waals surface area contributed by atoms with Gasteiger partial charge in [-0.05, 0) is 189 Å². The van der Waals surface area contributed by atoms with Crippen LogP contribution in [0.5, 0.6) is 11.5 Å². The average Bonchev–Trinajstić information content (AvgIpc) is 1.59. The van der Waals surface area contributed by atoms with E-state index >= 15 is 4.39 Å². The molecule has 0 atom stereocenters. The van der Waals surface area contributed by atoms with Gasteiger partial charge in [0.1, 0.15) is 40.9 Å². The number of carboxylic acid groups (broad SMARTS) is 3. The highest BCUT2D eigenvalue weighted by Gasteiger charge is 2.31. The maximum absolute atomic E-state index is 15.4. The first-order valence-electron chi connectivity index (χ1n) is 33.5. The van der Waals surface area contributed by atoms with Crippen molar-refractivity contribution < 1.29 is 61.5 Å². The molecule has 0 bridgehead atoms. The van der Waals surface area contributed by atoms with E-state index < -0.39 is 23.7 Å². The quantitative estimate of drug-likeness (QED) is 0.0495. The second-order valence-electron chi connectivity index (χ2n) is 26.6. The van der Waals surface area contributed by atoms with E-state index in [1.54, 1.807) is 91.4 Å². The SMILES string of the molecule is CC(C)Oc1cc(C(=O)O)cc(-c2c(C(C)C)n(-c3ccc(F)cc3)c3cc4cn[nH]c4cc23)c1.CC(C)c1c(-c2ccc(C(=O)O)cc2OC2COC2)c2cc3[nH]ncc3cc2n1-c1ccc(F)cc1.CC(C)c1c(-c2cccc(C(=O)O)c2F)c2cc3[nH]ncc3cc2n1-c1ccc(F)cc1. The van der Waals surface area contributed by atoms with Gasteiger partial charge in [0.2, 0.25) is 0 Å². The Morgan fingerprint density at radius 3 is 1.30 bits per heavy atom. The highest BCUT2D eigenvalue weighted by Crippen LogP contribution is 2.48. The Bertz CT molecular complexity index is 5800. The van der Waals surface area contributed by atoms with Crippen LogP contribution in [-0.2, 0) is 4.74 Å². The van der Waals surface area contributed by atoms with Crippen molar-refractivity contribution in [3.05, 3.63) is 239 Å². The summed E-state index contributed by atoms with van der Waals surface area (Å²) in [5.74, 6) is -4.03. The van der Waals surface area contributed by atoms with Crippen molar-refractivity contribution in [1.29, 1.82) is 0 Å².